The van der Waals surface area contributed by atoms with Gasteiger partial charge in [-0.15, -0.1) is 0 Å². The number of piperidine rings is 1. The van der Waals surface area contributed by atoms with Gasteiger partial charge in [0.05, 0.1) is 7.11 Å². The number of amides is 1. The summed E-state index contributed by atoms with van der Waals surface area (Å²) < 4.78 is 16.6. The van der Waals surface area contributed by atoms with Crippen molar-refractivity contribution in [3.8, 4) is 11.5 Å². The lowest BCUT2D eigenvalue weighted by Gasteiger charge is -2.37. The Labute approximate surface area is 153 Å². The summed E-state index contributed by atoms with van der Waals surface area (Å²) in [7, 11) is 1.42. The van der Waals surface area contributed by atoms with E-state index in [9.17, 15) is 9.59 Å². The summed E-state index contributed by atoms with van der Waals surface area (Å²) in [5.74, 6) is -0.128. The zero-order valence-electron chi connectivity index (χ0n) is 15.9. The molecule has 2 atom stereocenters. The Morgan fingerprint density at radius 1 is 1.27 bits per heavy atom. The molecular weight excluding hydrogens is 338 g/mol. The number of carboxylic acids is 1. The molecule has 0 saturated carbocycles. The lowest BCUT2D eigenvalue weighted by atomic mass is 9.96. The van der Waals surface area contributed by atoms with Gasteiger partial charge in [0.2, 0.25) is 0 Å². The summed E-state index contributed by atoms with van der Waals surface area (Å²) in [6, 6.07) is 4.67. The molecule has 1 N–H and O–H groups in total. The molecule has 1 heterocycles. The highest BCUT2D eigenvalue weighted by Crippen LogP contribution is 2.29. The van der Waals surface area contributed by atoms with Crippen LogP contribution in [0, 0.1) is 5.92 Å². The lowest BCUT2D eigenvalue weighted by Crippen LogP contribution is -2.48. The molecule has 0 spiro atoms. The van der Waals surface area contributed by atoms with Crippen molar-refractivity contribution in [3.63, 3.8) is 0 Å². The molecule has 0 bridgehead atoms. The van der Waals surface area contributed by atoms with E-state index in [1.54, 1.807) is 17.0 Å². The number of carbonyl (C=O) groups is 2. The van der Waals surface area contributed by atoms with Crippen molar-refractivity contribution in [2.75, 3.05) is 20.2 Å². The summed E-state index contributed by atoms with van der Waals surface area (Å²) in [6.07, 6.45) is 0.285. The van der Waals surface area contributed by atoms with Gasteiger partial charge in [0, 0.05) is 31.5 Å². The van der Waals surface area contributed by atoms with Crippen LogP contribution in [0.4, 0.5) is 4.79 Å². The van der Waals surface area contributed by atoms with Crippen LogP contribution in [0.1, 0.15) is 44.5 Å². The van der Waals surface area contributed by atoms with Crippen LogP contribution < -0.4 is 9.47 Å². The monoisotopic (exact) mass is 365 g/mol. The van der Waals surface area contributed by atoms with Crippen molar-refractivity contribution in [3.05, 3.63) is 23.8 Å². The first kappa shape index (κ1) is 19.9. The summed E-state index contributed by atoms with van der Waals surface area (Å²) in [4.78, 5) is 25.1. The van der Waals surface area contributed by atoms with Gasteiger partial charge in [-0.3, -0.25) is 0 Å². The third-order valence-electron chi connectivity index (χ3n) is 4.17. The van der Waals surface area contributed by atoms with E-state index in [1.165, 1.54) is 13.2 Å². The molecule has 0 aliphatic carbocycles. The molecule has 2 rings (SSSR count). The topological polar surface area (TPSA) is 85.3 Å². The first-order chi connectivity index (χ1) is 12.1. The molecule has 1 fully saturated rings. The number of hydrogen-bond donors (Lipinski definition) is 1. The summed E-state index contributed by atoms with van der Waals surface area (Å²) in [5.41, 5.74) is -0.427. The molecule has 1 aliphatic rings. The number of methoxy groups -OCH3 is 1. The van der Waals surface area contributed by atoms with Crippen molar-refractivity contribution >= 4 is 12.1 Å². The zero-order valence-corrected chi connectivity index (χ0v) is 15.9. The SMILES string of the molecule is COc1cc(OC2CCN(C(=O)OC(C)(C)C)CC2C)ccc1C(=O)O. The predicted octanol–water partition coefficient (Wildman–Crippen LogP) is 3.42. The normalized spacial score (nSPS) is 20.4. The van der Waals surface area contributed by atoms with Crippen LogP contribution in [0.2, 0.25) is 0 Å². The zero-order chi connectivity index (χ0) is 19.5. The fourth-order valence-corrected chi connectivity index (χ4v) is 2.89. The highest BCUT2D eigenvalue weighted by molar-refractivity contribution is 5.91. The van der Waals surface area contributed by atoms with Gasteiger partial charge in [0.1, 0.15) is 28.8 Å². The van der Waals surface area contributed by atoms with Crippen molar-refractivity contribution < 1.29 is 28.9 Å². The van der Waals surface area contributed by atoms with Gasteiger partial charge in [-0.1, -0.05) is 6.92 Å². The molecule has 144 valence electrons. The number of hydrogen-bond acceptors (Lipinski definition) is 5. The van der Waals surface area contributed by atoms with E-state index in [4.69, 9.17) is 19.3 Å². The average Bonchev–Trinajstić information content (AvgIpc) is 2.54. The third-order valence-corrected chi connectivity index (χ3v) is 4.17. The summed E-state index contributed by atoms with van der Waals surface area (Å²) in [6.45, 7) is 8.65. The molecule has 1 aromatic rings. The van der Waals surface area contributed by atoms with Gasteiger partial charge >= 0.3 is 12.1 Å². The molecule has 1 saturated heterocycles. The maximum Gasteiger partial charge on any atom is 0.410 e. The second-order valence-electron chi connectivity index (χ2n) is 7.52. The van der Waals surface area contributed by atoms with Gasteiger partial charge in [-0.25, -0.2) is 9.59 Å². The minimum absolute atomic E-state index is 0.0749. The van der Waals surface area contributed by atoms with Crippen molar-refractivity contribution in [1.82, 2.24) is 4.90 Å². The second kappa shape index (κ2) is 7.85. The van der Waals surface area contributed by atoms with Gasteiger partial charge in [-0.2, -0.15) is 0 Å². The van der Waals surface area contributed by atoms with E-state index < -0.39 is 11.6 Å². The van der Waals surface area contributed by atoms with Crippen LogP contribution >= 0.6 is 0 Å². The molecule has 1 amide bonds. The van der Waals surface area contributed by atoms with Crippen molar-refractivity contribution in [2.24, 2.45) is 5.92 Å². The van der Waals surface area contributed by atoms with E-state index in [-0.39, 0.29) is 29.4 Å². The fourth-order valence-electron chi connectivity index (χ4n) is 2.89. The first-order valence-electron chi connectivity index (χ1n) is 8.66. The predicted molar refractivity (Wildman–Crippen MR) is 96.0 cm³/mol. The van der Waals surface area contributed by atoms with Crippen molar-refractivity contribution in [2.45, 2.75) is 45.8 Å². The summed E-state index contributed by atoms with van der Waals surface area (Å²) in [5, 5.41) is 9.14. The Hall–Kier alpha value is -2.44. The largest absolute Gasteiger partial charge is 0.496 e. The molecule has 7 heteroatoms. The number of benzene rings is 1. The highest BCUT2D eigenvalue weighted by Gasteiger charge is 2.32. The number of nitrogens with zero attached hydrogens (tertiary/aromatic N) is 1. The van der Waals surface area contributed by atoms with Gasteiger partial charge in [-0.05, 0) is 32.9 Å². The maximum absolute atomic E-state index is 12.2. The Bertz CT molecular complexity index is 666. The molecule has 7 nitrogen and oxygen atoms in total. The smallest absolute Gasteiger partial charge is 0.410 e. The number of carboxylic acid groups (broad SMARTS) is 1. The number of carbonyl (C=O) groups excluding carboxylic acids is 1. The Kier molecular flexibility index (Phi) is 6.00. The molecule has 2 unspecified atom stereocenters. The van der Waals surface area contributed by atoms with E-state index in [0.717, 1.165) is 0 Å². The molecule has 0 radical (unpaired) electrons. The Morgan fingerprint density at radius 2 is 1.96 bits per heavy atom. The van der Waals surface area contributed by atoms with Gasteiger partial charge in [0.25, 0.3) is 0 Å². The number of ether oxygens (including phenoxy) is 3. The van der Waals surface area contributed by atoms with E-state index in [0.29, 0.717) is 25.3 Å². The molecule has 1 aliphatic heterocycles. The van der Waals surface area contributed by atoms with Crippen LogP contribution in [-0.4, -0.2) is 54.0 Å². The van der Waals surface area contributed by atoms with Crippen LogP contribution in [0.3, 0.4) is 0 Å². The maximum atomic E-state index is 12.2. The Morgan fingerprint density at radius 3 is 2.50 bits per heavy atom. The molecule has 1 aromatic carbocycles. The van der Waals surface area contributed by atoms with Crippen LogP contribution in [0.5, 0.6) is 11.5 Å². The minimum atomic E-state index is -1.05. The number of rotatable bonds is 4. The van der Waals surface area contributed by atoms with E-state index >= 15 is 0 Å². The molecule has 0 aromatic heterocycles. The molecule has 26 heavy (non-hydrogen) atoms. The summed E-state index contributed by atoms with van der Waals surface area (Å²) >= 11 is 0. The second-order valence-corrected chi connectivity index (χ2v) is 7.52. The van der Waals surface area contributed by atoms with Crippen molar-refractivity contribution in [1.29, 1.82) is 0 Å². The third kappa shape index (κ3) is 5.03. The van der Waals surface area contributed by atoms with Crippen LogP contribution in [0.25, 0.3) is 0 Å². The number of aromatic carboxylic acids is 1. The Balaban J connectivity index is 2.00. The standard InChI is InChI=1S/C19H27NO6/c1-12-11-20(18(23)26-19(2,3)4)9-8-15(12)25-13-6-7-14(17(21)22)16(10-13)24-5/h6-7,10,12,15H,8-9,11H2,1-5H3,(H,21,22). The first-order valence-corrected chi connectivity index (χ1v) is 8.66. The lowest BCUT2D eigenvalue weighted by molar-refractivity contribution is 0.000344. The quantitative estimate of drug-likeness (QED) is 0.880. The van der Waals surface area contributed by atoms with Crippen LogP contribution in [-0.2, 0) is 4.74 Å². The fraction of sp³-hybridized carbons (Fsp3) is 0.579. The molecular formula is C19H27NO6. The number of likely N-dealkylation sites (tertiary alicyclic amines) is 1. The highest BCUT2D eigenvalue weighted by atomic mass is 16.6. The van der Waals surface area contributed by atoms with Crippen LogP contribution in [0.15, 0.2) is 18.2 Å². The van der Waals surface area contributed by atoms with Gasteiger partial charge < -0.3 is 24.2 Å². The minimum Gasteiger partial charge on any atom is -0.496 e. The van der Waals surface area contributed by atoms with Gasteiger partial charge in [0.15, 0.2) is 0 Å². The van der Waals surface area contributed by atoms with E-state index in [2.05, 4.69) is 0 Å². The van der Waals surface area contributed by atoms with E-state index in [1.807, 2.05) is 27.7 Å². The average molecular weight is 365 g/mol.